The van der Waals surface area contributed by atoms with Gasteiger partial charge in [-0.1, -0.05) is 48.4 Å². The van der Waals surface area contributed by atoms with E-state index in [0.29, 0.717) is 17.4 Å². The summed E-state index contributed by atoms with van der Waals surface area (Å²) in [5, 5.41) is 0.652. The first-order valence-corrected chi connectivity index (χ1v) is 15.1. The second kappa shape index (κ2) is 14.1. The SMILES string of the molecule is COc1ccc(CN2CCOc3ccccc3CCCCC3(CCN(C(=O)COc4ccc(Cl)cc4)CC3)C2)cc1. The van der Waals surface area contributed by atoms with E-state index in [9.17, 15) is 4.79 Å². The van der Waals surface area contributed by atoms with Crippen molar-refractivity contribution in [2.24, 2.45) is 5.41 Å². The molecule has 2 aliphatic heterocycles. The summed E-state index contributed by atoms with van der Waals surface area (Å²) in [5.41, 5.74) is 2.73. The summed E-state index contributed by atoms with van der Waals surface area (Å²) in [6.07, 6.45) is 6.50. The maximum absolute atomic E-state index is 13.0. The lowest BCUT2D eigenvalue weighted by atomic mass is 9.73. The normalized spacial score (nSPS) is 18.0. The molecule has 218 valence electrons. The van der Waals surface area contributed by atoms with Crippen molar-refractivity contribution >= 4 is 17.5 Å². The van der Waals surface area contributed by atoms with Gasteiger partial charge in [-0.3, -0.25) is 9.69 Å². The van der Waals surface area contributed by atoms with Gasteiger partial charge in [0.1, 0.15) is 23.9 Å². The number of aryl methyl sites for hydroxylation is 1. The van der Waals surface area contributed by atoms with Crippen molar-refractivity contribution in [1.29, 1.82) is 0 Å². The zero-order chi connectivity index (χ0) is 28.5. The Morgan fingerprint density at radius 3 is 2.39 bits per heavy atom. The van der Waals surface area contributed by atoms with Crippen LogP contribution in [-0.4, -0.2) is 62.2 Å². The maximum Gasteiger partial charge on any atom is 0.260 e. The van der Waals surface area contributed by atoms with Crippen LogP contribution in [0.4, 0.5) is 0 Å². The van der Waals surface area contributed by atoms with Crippen LogP contribution in [0.3, 0.4) is 0 Å². The van der Waals surface area contributed by atoms with Crippen LogP contribution < -0.4 is 14.2 Å². The monoisotopic (exact) mass is 576 g/mol. The predicted octanol–water partition coefficient (Wildman–Crippen LogP) is 6.64. The molecule has 0 saturated carbocycles. The number of para-hydroxylation sites is 1. The summed E-state index contributed by atoms with van der Waals surface area (Å²) in [6.45, 7) is 4.92. The third-order valence-corrected chi connectivity index (χ3v) is 8.77. The zero-order valence-corrected chi connectivity index (χ0v) is 24.8. The molecule has 1 saturated heterocycles. The molecule has 0 bridgehead atoms. The second-order valence-corrected chi connectivity index (χ2v) is 11.8. The minimum Gasteiger partial charge on any atom is -0.497 e. The average Bonchev–Trinajstić information content (AvgIpc) is 3.00. The van der Waals surface area contributed by atoms with Crippen molar-refractivity contribution in [3.8, 4) is 17.2 Å². The largest absolute Gasteiger partial charge is 0.497 e. The van der Waals surface area contributed by atoms with Crippen LogP contribution in [0.1, 0.15) is 43.2 Å². The summed E-state index contributed by atoms with van der Waals surface area (Å²) in [4.78, 5) is 17.6. The van der Waals surface area contributed by atoms with Gasteiger partial charge in [0.25, 0.3) is 5.91 Å². The van der Waals surface area contributed by atoms with Crippen molar-refractivity contribution in [1.82, 2.24) is 9.80 Å². The van der Waals surface area contributed by atoms with E-state index in [4.69, 9.17) is 25.8 Å². The van der Waals surface area contributed by atoms with Crippen LogP contribution in [0.25, 0.3) is 0 Å². The number of piperidine rings is 1. The number of methoxy groups -OCH3 is 1. The Morgan fingerprint density at radius 2 is 1.63 bits per heavy atom. The van der Waals surface area contributed by atoms with Gasteiger partial charge >= 0.3 is 0 Å². The van der Waals surface area contributed by atoms with Gasteiger partial charge in [-0.2, -0.15) is 0 Å². The third kappa shape index (κ3) is 8.17. The van der Waals surface area contributed by atoms with Crippen molar-refractivity contribution in [2.45, 2.75) is 45.1 Å². The van der Waals surface area contributed by atoms with E-state index in [0.717, 1.165) is 69.9 Å². The van der Waals surface area contributed by atoms with Gasteiger partial charge < -0.3 is 19.1 Å². The van der Waals surface area contributed by atoms with Crippen LogP contribution in [-0.2, 0) is 17.8 Å². The number of carbonyl (C=O) groups is 1. The van der Waals surface area contributed by atoms with E-state index in [1.807, 2.05) is 17.0 Å². The van der Waals surface area contributed by atoms with Gasteiger partial charge in [-0.15, -0.1) is 0 Å². The number of carbonyl (C=O) groups excluding carboxylic acids is 1. The molecule has 1 fully saturated rings. The molecule has 3 aromatic carbocycles. The minimum atomic E-state index is 0.0445. The Kier molecular flexibility index (Phi) is 10.1. The fourth-order valence-electron chi connectivity index (χ4n) is 6.11. The molecule has 0 aliphatic carbocycles. The first kappa shape index (κ1) is 29.3. The van der Waals surface area contributed by atoms with Crippen LogP contribution in [0.15, 0.2) is 72.8 Å². The molecule has 2 aliphatic rings. The number of ether oxygens (including phenoxy) is 3. The molecule has 0 atom stereocenters. The molecule has 41 heavy (non-hydrogen) atoms. The summed E-state index contributed by atoms with van der Waals surface area (Å²) < 4.78 is 17.4. The van der Waals surface area contributed by atoms with Crippen molar-refractivity contribution in [2.75, 3.05) is 46.5 Å². The van der Waals surface area contributed by atoms with E-state index in [1.54, 1.807) is 31.4 Å². The van der Waals surface area contributed by atoms with Crippen molar-refractivity contribution in [3.05, 3.63) is 88.9 Å². The highest BCUT2D eigenvalue weighted by atomic mass is 35.5. The van der Waals surface area contributed by atoms with Gasteiger partial charge in [0.05, 0.1) is 7.11 Å². The van der Waals surface area contributed by atoms with E-state index < -0.39 is 0 Å². The number of rotatable bonds is 6. The third-order valence-electron chi connectivity index (χ3n) is 8.52. The Morgan fingerprint density at radius 1 is 0.902 bits per heavy atom. The predicted molar refractivity (Wildman–Crippen MR) is 163 cm³/mol. The standard InChI is InChI=1S/C34H41ClN2O4/c1-39-30-13-9-27(10-14-30)24-36-22-23-40-32-8-3-2-6-28(32)7-4-5-17-34(26-36)18-20-37(21-19-34)33(38)25-41-31-15-11-29(35)12-16-31/h2-3,6,8-16H,4-5,7,17-26H2,1H3. The average molecular weight is 577 g/mol. The molecule has 0 radical (unpaired) electrons. The number of halogens is 1. The lowest BCUT2D eigenvalue weighted by Crippen LogP contribution is -2.49. The number of benzene rings is 3. The number of amides is 1. The molecule has 1 amide bonds. The molecule has 3 aromatic rings. The van der Waals surface area contributed by atoms with Crippen LogP contribution in [0.2, 0.25) is 5.02 Å². The minimum absolute atomic E-state index is 0.0445. The van der Waals surface area contributed by atoms with E-state index in [-0.39, 0.29) is 17.9 Å². The van der Waals surface area contributed by atoms with E-state index in [2.05, 4.69) is 41.3 Å². The Balaban J connectivity index is 1.26. The number of fused-ring (bicyclic) bond motifs is 1. The molecule has 6 nitrogen and oxygen atoms in total. The van der Waals surface area contributed by atoms with Crippen LogP contribution >= 0.6 is 11.6 Å². The molecule has 1 spiro atoms. The lowest BCUT2D eigenvalue weighted by molar-refractivity contribution is -0.136. The summed E-state index contributed by atoms with van der Waals surface area (Å²) in [6, 6.07) is 24.0. The zero-order valence-electron chi connectivity index (χ0n) is 24.0. The number of likely N-dealkylation sites (tertiary alicyclic amines) is 1. The quantitative estimate of drug-likeness (QED) is 0.329. The number of hydrogen-bond acceptors (Lipinski definition) is 5. The van der Waals surface area contributed by atoms with Gasteiger partial charge in [-0.25, -0.2) is 0 Å². The van der Waals surface area contributed by atoms with Gasteiger partial charge in [0.2, 0.25) is 0 Å². The van der Waals surface area contributed by atoms with E-state index >= 15 is 0 Å². The lowest BCUT2D eigenvalue weighted by Gasteiger charge is -2.45. The second-order valence-electron chi connectivity index (χ2n) is 11.3. The molecule has 0 unspecified atom stereocenters. The fourth-order valence-corrected chi connectivity index (χ4v) is 6.24. The first-order chi connectivity index (χ1) is 20.0. The molecule has 0 aromatic heterocycles. The van der Waals surface area contributed by atoms with Gasteiger partial charge in [0.15, 0.2) is 6.61 Å². The van der Waals surface area contributed by atoms with Gasteiger partial charge in [0, 0.05) is 37.7 Å². The summed E-state index contributed by atoms with van der Waals surface area (Å²) in [7, 11) is 1.70. The Hall–Kier alpha value is -3.22. The fraction of sp³-hybridized carbons (Fsp3) is 0.441. The smallest absolute Gasteiger partial charge is 0.260 e. The highest BCUT2D eigenvalue weighted by Crippen LogP contribution is 2.39. The van der Waals surface area contributed by atoms with Crippen molar-refractivity contribution < 1.29 is 19.0 Å². The molecule has 5 rings (SSSR count). The molecular weight excluding hydrogens is 536 g/mol. The summed E-state index contributed by atoms with van der Waals surface area (Å²) in [5.74, 6) is 2.59. The first-order valence-electron chi connectivity index (χ1n) is 14.7. The van der Waals surface area contributed by atoms with Crippen LogP contribution in [0.5, 0.6) is 17.2 Å². The molecular formula is C34H41ClN2O4. The molecule has 0 N–H and O–H groups in total. The van der Waals surface area contributed by atoms with Crippen molar-refractivity contribution in [3.63, 3.8) is 0 Å². The number of nitrogens with zero attached hydrogens (tertiary/aromatic N) is 2. The van der Waals surface area contributed by atoms with Crippen LogP contribution in [0, 0.1) is 5.41 Å². The highest BCUT2D eigenvalue weighted by Gasteiger charge is 2.37. The topological polar surface area (TPSA) is 51.2 Å². The number of hydrogen-bond donors (Lipinski definition) is 0. The summed E-state index contributed by atoms with van der Waals surface area (Å²) >= 11 is 5.97. The van der Waals surface area contributed by atoms with E-state index in [1.165, 1.54) is 24.0 Å². The van der Waals surface area contributed by atoms with Gasteiger partial charge in [-0.05, 0) is 91.1 Å². The molecule has 2 heterocycles. The maximum atomic E-state index is 13.0. The highest BCUT2D eigenvalue weighted by molar-refractivity contribution is 6.30. The Labute approximate surface area is 249 Å². The molecule has 7 heteroatoms. The Bertz CT molecular complexity index is 1260.